The largest absolute Gasteiger partial charge is 0.482 e. The van der Waals surface area contributed by atoms with Crippen LogP contribution in [-0.2, 0) is 14.3 Å². The van der Waals surface area contributed by atoms with Gasteiger partial charge in [0.25, 0.3) is 5.91 Å². The molecule has 9 heteroatoms. The molecular formula is C19H27N3O6. The van der Waals surface area contributed by atoms with Crippen LogP contribution in [-0.4, -0.2) is 66.4 Å². The molecule has 1 saturated heterocycles. The minimum atomic E-state index is -0.918. The summed E-state index contributed by atoms with van der Waals surface area (Å²) in [4.78, 5) is 36.9. The van der Waals surface area contributed by atoms with Gasteiger partial charge in [-0.3, -0.25) is 9.59 Å². The number of nitrogens with one attached hydrogen (secondary N) is 2. The zero-order valence-electron chi connectivity index (χ0n) is 16.2. The van der Waals surface area contributed by atoms with E-state index in [2.05, 4.69) is 10.6 Å². The van der Waals surface area contributed by atoms with E-state index in [1.165, 1.54) is 0 Å². The third-order valence-electron chi connectivity index (χ3n) is 4.27. The summed E-state index contributed by atoms with van der Waals surface area (Å²) in [7, 11) is 0. The Kier molecular flexibility index (Phi) is 7.62. The minimum Gasteiger partial charge on any atom is -0.482 e. The molecule has 0 spiro atoms. The molecule has 0 atom stereocenters. The van der Waals surface area contributed by atoms with Crippen molar-refractivity contribution in [2.45, 2.75) is 32.2 Å². The van der Waals surface area contributed by atoms with Crippen molar-refractivity contribution >= 4 is 23.6 Å². The lowest BCUT2D eigenvalue weighted by Crippen LogP contribution is -2.45. The van der Waals surface area contributed by atoms with Gasteiger partial charge in [-0.1, -0.05) is 12.1 Å². The Morgan fingerprint density at radius 1 is 1.21 bits per heavy atom. The number of carboxylic acids is 1. The molecule has 154 valence electrons. The third-order valence-corrected chi connectivity index (χ3v) is 4.27. The Balaban J connectivity index is 1.90. The first-order chi connectivity index (χ1) is 13.3. The molecule has 0 bridgehead atoms. The van der Waals surface area contributed by atoms with Crippen LogP contribution in [0, 0.1) is 0 Å². The van der Waals surface area contributed by atoms with E-state index in [-0.39, 0.29) is 18.9 Å². The number of carbonyl (C=O) groups excluding carboxylic acids is 2. The molecule has 1 aromatic rings. The highest BCUT2D eigenvalue weighted by Crippen LogP contribution is 2.24. The molecule has 0 saturated carbocycles. The maximum absolute atomic E-state index is 12.3. The number of hydrogen-bond donors (Lipinski definition) is 3. The van der Waals surface area contributed by atoms with Crippen LogP contribution in [0.1, 0.15) is 26.7 Å². The number of nitrogens with zero attached hydrogens (tertiary/aromatic N) is 1. The molecular weight excluding hydrogens is 366 g/mol. The van der Waals surface area contributed by atoms with E-state index in [0.717, 1.165) is 0 Å². The molecule has 0 radical (unpaired) electrons. The van der Waals surface area contributed by atoms with E-state index in [4.69, 9.17) is 14.6 Å². The lowest BCUT2D eigenvalue weighted by molar-refractivity contribution is -0.138. The van der Waals surface area contributed by atoms with Gasteiger partial charge < -0.3 is 30.1 Å². The van der Waals surface area contributed by atoms with E-state index in [1.54, 1.807) is 43.0 Å². The summed E-state index contributed by atoms with van der Waals surface area (Å²) in [6.45, 7) is 5.47. The topological polar surface area (TPSA) is 117 Å². The normalized spacial score (nSPS) is 14.3. The number of hydrogen-bond acceptors (Lipinski definition) is 5. The Morgan fingerprint density at radius 2 is 1.89 bits per heavy atom. The van der Waals surface area contributed by atoms with Gasteiger partial charge in [-0.05, 0) is 32.4 Å². The van der Waals surface area contributed by atoms with E-state index in [0.29, 0.717) is 44.2 Å². The molecule has 9 nitrogen and oxygen atoms in total. The van der Waals surface area contributed by atoms with Gasteiger partial charge in [0.2, 0.25) is 0 Å². The minimum absolute atomic E-state index is 0.0450. The number of rotatable bonds is 8. The van der Waals surface area contributed by atoms with Crippen LogP contribution in [0.15, 0.2) is 24.3 Å². The molecule has 3 amide bonds. The Bertz CT molecular complexity index is 701. The van der Waals surface area contributed by atoms with E-state index in [9.17, 15) is 14.4 Å². The standard InChI is InChI=1S/C19H27N3O6/c1-19(2,8-7-17(24)25)21-18(26)20-14-5-3-4-6-15(14)28-13-16(23)22-9-11-27-12-10-22/h3-6H,7-13H2,1-2H3,(H,24,25)(H2,20,21,26). The number of para-hydroxylation sites is 2. The van der Waals surface area contributed by atoms with Crippen molar-refractivity contribution in [1.29, 1.82) is 0 Å². The number of carboxylic acid groups (broad SMARTS) is 1. The smallest absolute Gasteiger partial charge is 0.319 e. The third kappa shape index (κ3) is 7.07. The van der Waals surface area contributed by atoms with Gasteiger partial charge in [-0.15, -0.1) is 0 Å². The quantitative estimate of drug-likeness (QED) is 0.619. The predicted octanol–water partition coefficient (Wildman–Crippen LogP) is 1.69. The summed E-state index contributed by atoms with van der Waals surface area (Å²) < 4.78 is 10.8. The Hall–Kier alpha value is -2.81. The molecule has 1 heterocycles. The second-order valence-corrected chi connectivity index (χ2v) is 7.13. The van der Waals surface area contributed by atoms with Crippen LogP contribution in [0.2, 0.25) is 0 Å². The lowest BCUT2D eigenvalue weighted by Gasteiger charge is -2.27. The zero-order chi connectivity index (χ0) is 20.6. The number of urea groups is 1. The maximum atomic E-state index is 12.3. The monoisotopic (exact) mass is 393 g/mol. The van der Waals surface area contributed by atoms with E-state index < -0.39 is 17.5 Å². The van der Waals surface area contributed by atoms with Gasteiger partial charge in [0.05, 0.1) is 18.9 Å². The average molecular weight is 393 g/mol. The average Bonchev–Trinajstić information content (AvgIpc) is 2.66. The number of amides is 3. The molecule has 3 N–H and O–H groups in total. The highest BCUT2D eigenvalue weighted by Gasteiger charge is 2.22. The van der Waals surface area contributed by atoms with Crippen molar-refractivity contribution < 1.29 is 29.0 Å². The summed E-state index contributed by atoms with van der Waals surface area (Å²) in [6.07, 6.45) is 0.249. The number of benzene rings is 1. The number of carbonyl (C=O) groups is 3. The Labute approximate surface area is 164 Å². The fourth-order valence-corrected chi connectivity index (χ4v) is 2.68. The van der Waals surface area contributed by atoms with Crippen LogP contribution >= 0.6 is 0 Å². The first-order valence-electron chi connectivity index (χ1n) is 9.15. The van der Waals surface area contributed by atoms with Crippen molar-refractivity contribution in [3.05, 3.63) is 24.3 Å². The lowest BCUT2D eigenvalue weighted by atomic mass is 9.99. The molecule has 1 aromatic carbocycles. The highest BCUT2D eigenvalue weighted by molar-refractivity contribution is 5.91. The maximum Gasteiger partial charge on any atom is 0.319 e. The van der Waals surface area contributed by atoms with Crippen LogP contribution in [0.4, 0.5) is 10.5 Å². The highest BCUT2D eigenvalue weighted by atomic mass is 16.5. The molecule has 0 unspecified atom stereocenters. The fourth-order valence-electron chi connectivity index (χ4n) is 2.68. The van der Waals surface area contributed by atoms with E-state index >= 15 is 0 Å². The summed E-state index contributed by atoms with van der Waals surface area (Å²) in [5, 5.41) is 14.2. The van der Waals surface area contributed by atoms with E-state index in [1.807, 2.05) is 0 Å². The molecule has 1 aliphatic rings. The molecule has 0 aromatic heterocycles. The van der Waals surface area contributed by atoms with Gasteiger partial charge in [-0.2, -0.15) is 0 Å². The molecule has 0 aliphatic carbocycles. The van der Waals surface area contributed by atoms with Crippen LogP contribution < -0.4 is 15.4 Å². The molecule has 1 fully saturated rings. The molecule has 28 heavy (non-hydrogen) atoms. The van der Waals surface area contributed by atoms with Crippen molar-refractivity contribution in [3.8, 4) is 5.75 Å². The van der Waals surface area contributed by atoms with Crippen molar-refractivity contribution in [1.82, 2.24) is 10.2 Å². The van der Waals surface area contributed by atoms with Crippen LogP contribution in [0.3, 0.4) is 0 Å². The zero-order valence-corrected chi connectivity index (χ0v) is 16.2. The first-order valence-corrected chi connectivity index (χ1v) is 9.15. The van der Waals surface area contributed by atoms with Gasteiger partial charge in [-0.25, -0.2) is 4.79 Å². The Morgan fingerprint density at radius 3 is 2.57 bits per heavy atom. The SMILES string of the molecule is CC(C)(CCC(=O)O)NC(=O)Nc1ccccc1OCC(=O)N1CCOCC1. The fraction of sp³-hybridized carbons (Fsp3) is 0.526. The summed E-state index contributed by atoms with van der Waals surface area (Å²) in [6, 6.07) is 6.33. The molecule has 1 aliphatic heterocycles. The van der Waals surface area contributed by atoms with Crippen molar-refractivity contribution in [2.24, 2.45) is 0 Å². The van der Waals surface area contributed by atoms with Gasteiger partial charge in [0.15, 0.2) is 6.61 Å². The van der Waals surface area contributed by atoms with Crippen LogP contribution in [0.5, 0.6) is 5.75 Å². The number of morpholine rings is 1. The first kappa shape index (κ1) is 21.5. The predicted molar refractivity (Wildman–Crippen MR) is 102 cm³/mol. The van der Waals surface area contributed by atoms with Crippen LogP contribution in [0.25, 0.3) is 0 Å². The second kappa shape index (κ2) is 9.93. The summed E-state index contributed by atoms with van der Waals surface area (Å²) in [5.41, 5.74) is -0.270. The van der Waals surface area contributed by atoms with Gasteiger partial charge in [0, 0.05) is 25.0 Å². The van der Waals surface area contributed by atoms with Crippen molar-refractivity contribution in [3.63, 3.8) is 0 Å². The van der Waals surface area contributed by atoms with Gasteiger partial charge >= 0.3 is 12.0 Å². The molecule has 2 rings (SSSR count). The number of ether oxygens (including phenoxy) is 2. The number of aliphatic carboxylic acids is 1. The summed E-state index contributed by atoms with van der Waals surface area (Å²) >= 11 is 0. The van der Waals surface area contributed by atoms with Gasteiger partial charge in [0.1, 0.15) is 5.75 Å². The number of anilines is 1. The second-order valence-electron chi connectivity index (χ2n) is 7.13. The van der Waals surface area contributed by atoms with Crippen molar-refractivity contribution in [2.75, 3.05) is 38.2 Å². The summed E-state index contributed by atoms with van der Waals surface area (Å²) in [5.74, 6) is -0.682.